The van der Waals surface area contributed by atoms with Gasteiger partial charge in [-0.25, -0.2) is 0 Å². The van der Waals surface area contributed by atoms with Crippen molar-refractivity contribution in [2.75, 3.05) is 11.5 Å². The third kappa shape index (κ3) is 0.919. The highest BCUT2D eigenvalue weighted by molar-refractivity contribution is 5.98. The molecule has 0 aliphatic carbocycles. The van der Waals surface area contributed by atoms with Gasteiger partial charge in [0.2, 0.25) is 6.20 Å². The number of aromatic hydroxyl groups is 1. The molecule has 1 heterocycles. The Balaban J connectivity index is 2.95. The molecule has 0 saturated heterocycles. The van der Waals surface area contributed by atoms with Crippen molar-refractivity contribution >= 4 is 22.3 Å². The van der Waals surface area contributed by atoms with Crippen LogP contribution in [0.5, 0.6) is 5.75 Å². The third-order valence-corrected chi connectivity index (χ3v) is 1.78. The van der Waals surface area contributed by atoms with E-state index in [1.54, 1.807) is 0 Å². The highest BCUT2D eigenvalue weighted by Gasteiger charge is 2.12. The van der Waals surface area contributed by atoms with Crippen molar-refractivity contribution < 1.29 is 14.5 Å². The first-order valence-electron chi connectivity index (χ1n) is 3.49. The second kappa shape index (κ2) is 2.19. The maximum atomic E-state index is 10.8. The first kappa shape index (κ1) is 7.53. The molecule has 13 heavy (non-hydrogen) atoms. The number of rotatable bonds is 0. The highest BCUT2D eigenvalue weighted by atomic mass is 16.7. The zero-order valence-electron chi connectivity index (χ0n) is 6.52. The number of hydrogen-bond donors (Lipinski definition) is 3. The zero-order chi connectivity index (χ0) is 9.59. The fourth-order valence-corrected chi connectivity index (χ4v) is 1.15. The summed E-state index contributed by atoms with van der Waals surface area (Å²) in [5.74, 6) is -0.194. The average Bonchev–Trinajstić information content (AvgIpc) is 2.44. The summed E-state index contributed by atoms with van der Waals surface area (Å²) in [6, 6.07) is 1.27. The van der Waals surface area contributed by atoms with Gasteiger partial charge in [-0.15, -0.1) is 0 Å². The molecule has 0 aliphatic heterocycles. The van der Waals surface area contributed by atoms with Gasteiger partial charge in [0.1, 0.15) is 11.3 Å². The Hall–Kier alpha value is -2.11. The number of benzene rings is 1. The van der Waals surface area contributed by atoms with E-state index in [4.69, 9.17) is 11.5 Å². The normalized spacial score (nSPS) is 10.8. The minimum absolute atomic E-state index is 0.0128. The number of phenols is 1. The molecule has 5 N–H and O–H groups in total. The van der Waals surface area contributed by atoms with Crippen molar-refractivity contribution in [2.24, 2.45) is 0 Å². The van der Waals surface area contributed by atoms with E-state index in [0.717, 1.165) is 6.20 Å². The molecule has 0 unspecified atom stereocenters. The predicted octanol–water partition coefficient (Wildman–Crippen LogP) is -0.0638. The van der Waals surface area contributed by atoms with Crippen LogP contribution in [-0.2, 0) is 0 Å². The molecule has 1 aromatic heterocycles. The molecule has 0 saturated carbocycles. The maximum Gasteiger partial charge on any atom is 0.244 e. The summed E-state index contributed by atoms with van der Waals surface area (Å²) in [5, 5.41) is 20.4. The minimum atomic E-state index is -0.194. The number of nitrogen functional groups attached to an aromatic ring is 2. The molecule has 6 heteroatoms. The van der Waals surface area contributed by atoms with Crippen molar-refractivity contribution in [3.63, 3.8) is 0 Å². The Labute approximate surface area is 72.5 Å². The number of fused-ring (bicyclic) bond motifs is 1. The molecule has 0 radical (unpaired) electrons. The van der Waals surface area contributed by atoms with E-state index in [9.17, 15) is 10.3 Å². The van der Waals surface area contributed by atoms with Crippen LogP contribution in [0.4, 0.5) is 11.4 Å². The zero-order valence-corrected chi connectivity index (χ0v) is 6.52. The van der Waals surface area contributed by atoms with Gasteiger partial charge in [0.25, 0.3) is 0 Å². The summed E-state index contributed by atoms with van der Waals surface area (Å²) in [4.78, 5) is 0.233. The summed E-state index contributed by atoms with van der Waals surface area (Å²) in [7, 11) is 0. The van der Waals surface area contributed by atoms with E-state index in [-0.39, 0.29) is 27.6 Å². The number of nitrogens with two attached hydrogens (primary N) is 2. The van der Waals surface area contributed by atoms with E-state index in [1.165, 1.54) is 6.07 Å². The first-order valence-corrected chi connectivity index (χ1v) is 3.49. The summed E-state index contributed by atoms with van der Waals surface area (Å²) in [6.07, 6.45) is 1.15. The van der Waals surface area contributed by atoms with E-state index in [2.05, 4.69) is 4.52 Å². The lowest BCUT2D eigenvalue weighted by Gasteiger charge is -2.01. The second-order valence-corrected chi connectivity index (χ2v) is 2.65. The van der Waals surface area contributed by atoms with Crippen LogP contribution in [0.15, 0.2) is 16.8 Å². The summed E-state index contributed by atoms with van der Waals surface area (Å²) in [6.45, 7) is 0. The van der Waals surface area contributed by atoms with Crippen molar-refractivity contribution in [3.8, 4) is 5.75 Å². The van der Waals surface area contributed by atoms with Crippen LogP contribution in [-0.4, -0.2) is 5.11 Å². The summed E-state index contributed by atoms with van der Waals surface area (Å²) >= 11 is 0. The third-order valence-electron chi connectivity index (χ3n) is 1.78. The van der Waals surface area contributed by atoms with Gasteiger partial charge in [-0.1, -0.05) is 0 Å². The van der Waals surface area contributed by atoms with Crippen molar-refractivity contribution in [2.45, 2.75) is 0 Å². The standard InChI is InChI=1S/C7H7N3O3/c8-4-1-5(11)6(9)7-3(4)2-10(12)13-7/h1-2,11H,8-9H2. The lowest BCUT2D eigenvalue weighted by Crippen LogP contribution is -2.20. The Morgan fingerprint density at radius 1 is 1.46 bits per heavy atom. The van der Waals surface area contributed by atoms with E-state index < -0.39 is 0 Å². The van der Waals surface area contributed by atoms with Crippen LogP contribution in [0.25, 0.3) is 11.0 Å². The molecule has 0 fully saturated rings. The maximum absolute atomic E-state index is 10.8. The summed E-state index contributed by atoms with van der Waals surface area (Å²) in [5.41, 5.74) is 11.3. The number of hydrogen-bond acceptors (Lipinski definition) is 5. The fourth-order valence-electron chi connectivity index (χ4n) is 1.15. The van der Waals surface area contributed by atoms with Gasteiger partial charge in [-0.05, 0) is 0 Å². The van der Waals surface area contributed by atoms with Crippen molar-refractivity contribution in [1.29, 1.82) is 0 Å². The molecular weight excluding hydrogens is 174 g/mol. The Morgan fingerprint density at radius 3 is 2.85 bits per heavy atom. The molecular formula is C7H7N3O3. The largest absolute Gasteiger partial charge is 0.506 e. The molecule has 2 rings (SSSR count). The van der Waals surface area contributed by atoms with Crippen molar-refractivity contribution in [3.05, 3.63) is 17.5 Å². The van der Waals surface area contributed by atoms with E-state index in [1.807, 2.05) is 0 Å². The van der Waals surface area contributed by atoms with Crippen LogP contribution in [0.2, 0.25) is 0 Å². The van der Waals surface area contributed by atoms with Crippen LogP contribution >= 0.6 is 0 Å². The lowest BCUT2D eigenvalue weighted by molar-refractivity contribution is -0.788. The van der Waals surface area contributed by atoms with Crippen LogP contribution < -0.4 is 16.4 Å². The van der Waals surface area contributed by atoms with Gasteiger partial charge in [0.15, 0.2) is 0 Å². The van der Waals surface area contributed by atoms with E-state index >= 15 is 0 Å². The van der Waals surface area contributed by atoms with Crippen LogP contribution in [0.1, 0.15) is 0 Å². The van der Waals surface area contributed by atoms with Crippen molar-refractivity contribution in [1.82, 2.24) is 0 Å². The predicted molar refractivity (Wildman–Crippen MR) is 45.7 cm³/mol. The average molecular weight is 181 g/mol. The molecule has 2 aromatic rings. The van der Waals surface area contributed by atoms with Gasteiger partial charge in [-0.2, -0.15) is 0 Å². The number of aromatic nitrogens is 1. The van der Waals surface area contributed by atoms with Gasteiger partial charge < -0.3 is 21.1 Å². The smallest absolute Gasteiger partial charge is 0.244 e. The van der Waals surface area contributed by atoms with Gasteiger partial charge in [0.05, 0.1) is 16.8 Å². The Morgan fingerprint density at radius 2 is 2.15 bits per heavy atom. The minimum Gasteiger partial charge on any atom is -0.506 e. The van der Waals surface area contributed by atoms with E-state index in [0.29, 0.717) is 5.39 Å². The molecule has 0 aliphatic rings. The Bertz CT molecular complexity index is 477. The Kier molecular flexibility index (Phi) is 1.27. The summed E-state index contributed by atoms with van der Waals surface area (Å²) < 4.78 is 4.66. The number of nitrogens with zero attached hydrogens (tertiary/aromatic N) is 1. The molecule has 1 aromatic carbocycles. The molecule has 0 atom stereocenters. The monoisotopic (exact) mass is 181 g/mol. The topological polar surface area (TPSA) is 112 Å². The fraction of sp³-hybridized carbons (Fsp3) is 0. The second-order valence-electron chi connectivity index (χ2n) is 2.65. The van der Waals surface area contributed by atoms with Crippen LogP contribution in [0, 0.1) is 5.21 Å². The van der Waals surface area contributed by atoms with Gasteiger partial charge in [0, 0.05) is 11.0 Å². The quantitative estimate of drug-likeness (QED) is 0.299. The number of phenolic OH excluding ortho intramolecular Hbond substituents is 1. The van der Waals surface area contributed by atoms with Crippen LogP contribution in [0.3, 0.4) is 0 Å². The molecule has 6 nitrogen and oxygen atoms in total. The van der Waals surface area contributed by atoms with Gasteiger partial charge in [-0.3, -0.25) is 5.21 Å². The molecule has 0 spiro atoms. The van der Waals surface area contributed by atoms with Gasteiger partial charge >= 0.3 is 0 Å². The SMILES string of the molecule is Nc1cc(O)c(N)c2o[n+]([O-])cc12. The number of anilines is 2. The highest BCUT2D eigenvalue weighted by Crippen LogP contribution is 2.33. The molecule has 0 amide bonds. The lowest BCUT2D eigenvalue weighted by atomic mass is 10.2. The first-order chi connectivity index (χ1) is 6.09. The molecule has 68 valence electrons. The molecule has 0 bridgehead atoms.